The molecule has 0 aliphatic heterocycles. The summed E-state index contributed by atoms with van der Waals surface area (Å²) in [6, 6.07) is 5.42. The van der Waals surface area contributed by atoms with E-state index >= 15 is 0 Å². The van der Waals surface area contributed by atoms with Gasteiger partial charge >= 0.3 is 6.03 Å². The lowest BCUT2D eigenvalue weighted by molar-refractivity contribution is 0.219. The average Bonchev–Trinajstić information content (AvgIpc) is 3.18. The fourth-order valence-electron chi connectivity index (χ4n) is 2.36. The van der Waals surface area contributed by atoms with Crippen LogP contribution in [0.2, 0.25) is 0 Å². The molecule has 9 nitrogen and oxygen atoms in total. The third-order valence-corrected chi connectivity index (χ3v) is 3.86. The van der Waals surface area contributed by atoms with E-state index in [-0.39, 0.29) is 6.03 Å². The Morgan fingerprint density at radius 2 is 2.16 bits per heavy atom. The van der Waals surface area contributed by atoms with E-state index in [9.17, 15) is 4.79 Å². The molecule has 0 aliphatic rings. The Labute approximate surface area is 145 Å². The molecule has 0 spiro atoms. The van der Waals surface area contributed by atoms with Crippen LogP contribution in [0, 0.1) is 13.8 Å². The molecular weight excluding hydrogens is 320 g/mol. The second kappa shape index (κ2) is 6.71. The highest BCUT2D eigenvalue weighted by Crippen LogP contribution is 2.24. The molecule has 130 valence electrons. The van der Waals surface area contributed by atoms with Crippen molar-refractivity contribution in [2.24, 2.45) is 7.05 Å². The molecule has 0 saturated heterocycles. The fourth-order valence-corrected chi connectivity index (χ4v) is 2.36. The van der Waals surface area contributed by atoms with E-state index < -0.39 is 0 Å². The lowest BCUT2D eigenvalue weighted by Crippen LogP contribution is -2.31. The molecular formula is C16H20N8O. The number of anilines is 1. The van der Waals surface area contributed by atoms with Crippen molar-refractivity contribution in [3.63, 3.8) is 0 Å². The average molecular weight is 340 g/mol. The minimum atomic E-state index is -0.232. The molecule has 3 aromatic rings. The van der Waals surface area contributed by atoms with Gasteiger partial charge in [-0.1, -0.05) is 6.07 Å². The fraction of sp³-hybridized carbons (Fsp3) is 0.312. The molecule has 2 heterocycles. The Hall–Kier alpha value is -3.23. The van der Waals surface area contributed by atoms with Gasteiger partial charge < -0.3 is 14.8 Å². The van der Waals surface area contributed by atoms with E-state index in [4.69, 9.17) is 0 Å². The van der Waals surface area contributed by atoms with E-state index in [0.29, 0.717) is 23.9 Å². The Morgan fingerprint density at radius 1 is 1.36 bits per heavy atom. The van der Waals surface area contributed by atoms with Gasteiger partial charge in [0, 0.05) is 25.3 Å². The number of aryl methyl sites for hydroxylation is 3. The molecule has 0 bridgehead atoms. The maximum Gasteiger partial charge on any atom is 0.321 e. The summed E-state index contributed by atoms with van der Waals surface area (Å²) in [7, 11) is 3.55. The Bertz CT molecular complexity index is 897. The second-order valence-corrected chi connectivity index (χ2v) is 5.92. The molecule has 2 N–H and O–H groups in total. The number of amides is 2. The number of benzene rings is 1. The summed E-state index contributed by atoms with van der Waals surface area (Å²) in [4.78, 5) is 18.3. The number of carbonyl (C=O) groups is 1. The summed E-state index contributed by atoms with van der Waals surface area (Å²) in [5, 5.41) is 17.7. The summed E-state index contributed by atoms with van der Waals surface area (Å²) >= 11 is 0. The van der Waals surface area contributed by atoms with Gasteiger partial charge in [-0.3, -0.25) is 5.10 Å². The molecule has 25 heavy (non-hydrogen) atoms. The summed E-state index contributed by atoms with van der Waals surface area (Å²) in [6.45, 7) is 4.19. The van der Waals surface area contributed by atoms with Gasteiger partial charge in [0.05, 0.1) is 6.54 Å². The van der Waals surface area contributed by atoms with Crippen molar-refractivity contribution >= 4 is 11.7 Å². The van der Waals surface area contributed by atoms with Crippen LogP contribution in [0.4, 0.5) is 10.5 Å². The molecule has 0 radical (unpaired) electrons. The number of H-pyrrole nitrogens is 1. The van der Waals surface area contributed by atoms with Gasteiger partial charge in [0.25, 0.3) is 0 Å². The summed E-state index contributed by atoms with van der Waals surface area (Å²) < 4.78 is 1.78. The third-order valence-electron chi connectivity index (χ3n) is 3.86. The van der Waals surface area contributed by atoms with Gasteiger partial charge in [0.15, 0.2) is 11.6 Å². The number of aromatic nitrogens is 6. The standard InChI is InChI=1S/C16H20N8O/c1-10-5-6-12(7-13(10)15-18-11(2)20-22-15)19-16(25)23(3)8-14-21-17-9-24(14)4/h5-7,9H,8H2,1-4H3,(H,19,25)(H,18,20,22). The highest BCUT2D eigenvalue weighted by molar-refractivity contribution is 5.90. The van der Waals surface area contributed by atoms with Crippen molar-refractivity contribution in [2.45, 2.75) is 20.4 Å². The molecule has 1 aromatic carbocycles. The molecule has 0 saturated carbocycles. The summed E-state index contributed by atoms with van der Waals surface area (Å²) in [6.07, 6.45) is 1.60. The maximum atomic E-state index is 12.4. The van der Waals surface area contributed by atoms with Gasteiger partial charge in [-0.05, 0) is 31.5 Å². The molecule has 2 amide bonds. The van der Waals surface area contributed by atoms with E-state index in [1.165, 1.54) is 0 Å². The molecule has 3 rings (SSSR count). The van der Waals surface area contributed by atoms with Crippen molar-refractivity contribution < 1.29 is 4.79 Å². The van der Waals surface area contributed by atoms with Crippen molar-refractivity contribution in [3.8, 4) is 11.4 Å². The first kappa shape index (κ1) is 16.6. The first-order valence-corrected chi connectivity index (χ1v) is 7.79. The van der Waals surface area contributed by atoms with Crippen LogP contribution < -0.4 is 5.32 Å². The molecule has 9 heteroatoms. The van der Waals surface area contributed by atoms with E-state index in [0.717, 1.165) is 17.0 Å². The zero-order valence-corrected chi connectivity index (χ0v) is 14.6. The van der Waals surface area contributed by atoms with Crippen LogP contribution in [-0.4, -0.2) is 47.9 Å². The topological polar surface area (TPSA) is 105 Å². The van der Waals surface area contributed by atoms with Crippen LogP contribution in [0.3, 0.4) is 0 Å². The van der Waals surface area contributed by atoms with Crippen LogP contribution in [0.1, 0.15) is 17.2 Å². The Morgan fingerprint density at radius 3 is 2.80 bits per heavy atom. The lowest BCUT2D eigenvalue weighted by Gasteiger charge is -2.17. The SMILES string of the molecule is Cc1nc(-c2cc(NC(=O)N(C)Cc3nncn3C)ccc2C)n[nH]1. The highest BCUT2D eigenvalue weighted by Gasteiger charge is 2.14. The molecule has 0 unspecified atom stereocenters. The molecule has 0 aliphatic carbocycles. The quantitative estimate of drug-likeness (QED) is 0.754. The van der Waals surface area contributed by atoms with Gasteiger partial charge in [-0.2, -0.15) is 5.10 Å². The van der Waals surface area contributed by atoms with Gasteiger partial charge in [-0.15, -0.1) is 10.2 Å². The largest absolute Gasteiger partial charge is 0.321 e. The van der Waals surface area contributed by atoms with Crippen LogP contribution in [0.5, 0.6) is 0 Å². The molecule has 2 aromatic heterocycles. The van der Waals surface area contributed by atoms with Gasteiger partial charge in [-0.25, -0.2) is 9.78 Å². The minimum Gasteiger partial charge on any atom is -0.320 e. The third kappa shape index (κ3) is 3.65. The van der Waals surface area contributed by atoms with Crippen molar-refractivity contribution in [1.29, 1.82) is 0 Å². The van der Waals surface area contributed by atoms with Gasteiger partial charge in [0.2, 0.25) is 0 Å². The van der Waals surface area contributed by atoms with Crippen molar-refractivity contribution in [2.75, 3.05) is 12.4 Å². The maximum absolute atomic E-state index is 12.4. The lowest BCUT2D eigenvalue weighted by atomic mass is 10.1. The number of rotatable bonds is 4. The van der Waals surface area contributed by atoms with Crippen LogP contribution in [-0.2, 0) is 13.6 Å². The van der Waals surface area contributed by atoms with Crippen LogP contribution in [0.25, 0.3) is 11.4 Å². The Balaban J connectivity index is 1.74. The van der Waals surface area contributed by atoms with Gasteiger partial charge in [0.1, 0.15) is 12.2 Å². The number of nitrogens with one attached hydrogen (secondary N) is 2. The summed E-state index contributed by atoms with van der Waals surface area (Å²) in [5.41, 5.74) is 2.58. The van der Waals surface area contributed by atoms with E-state index in [1.807, 2.05) is 39.1 Å². The van der Waals surface area contributed by atoms with Crippen molar-refractivity contribution in [1.82, 2.24) is 34.8 Å². The number of hydrogen-bond acceptors (Lipinski definition) is 5. The zero-order valence-electron chi connectivity index (χ0n) is 14.6. The van der Waals surface area contributed by atoms with E-state index in [2.05, 4.69) is 30.7 Å². The summed E-state index contributed by atoms with van der Waals surface area (Å²) in [5.74, 6) is 2.06. The minimum absolute atomic E-state index is 0.232. The number of aromatic amines is 1. The molecule has 0 atom stereocenters. The predicted molar refractivity (Wildman–Crippen MR) is 92.8 cm³/mol. The van der Waals surface area contributed by atoms with Crippen LogP contribution >= 0.6 is 0 Å². The molecule has 0 fully saturated rings. The number of hydrogen-bond donors (Lipinski definition) is 2. The smallest absolute Gasteiger partial charge is 0.320 e. The Kier molecular flexibility index (Phi) is 4.46. The number of nitrogens with zero attached hydrogens (tertiary/aromatic N) is 6. The monoisotopic (exact) mass is 340 g/mol. The predicted octanol–water partition coefficient (Wildman–Crippen LogP) is 1.88. The normalized spacial score (nSPS) is 10.7. The second-order valence-electron chi connectivity index (χ2n) is 5.92. The zero-order chi connectivity index (χ0) is 18.0. The van der Waals surface area contributed by atoms with Crippen molar-refractivity contribution in [3.05, 3.63) is 41.7 Å². The van der Waals surface area contributed by atoms with E-state index in [1.54, 1.807) is 22.8 Å². The first-order valence-electron chi connectivity index (χ1n) is 7.79. The van der Waals surface area contributed by atoms with Crippen LogP contribution in [0.15, 0.2) is 24.5 Å². The number of urea groups is 1. The highest BCUT2D eigenvalue weighted by atomic mass is 16.2. The first-order chi connectivity index (χ1) is 11.9. The number of carbonyl (C=O) groups excluding carboxylic acids is 1.